The summed E-state index contributed by atoms with van der Waals surface area (Å²) in [5.41, 5.74) is -0.639. The molecule has 1 amide bonds. The molecule has 0 aromatic rings. The summed E-state index contributed by atoms with van der Waals surface area (Å²) in [7, 11) is 0. The van der Waals surface area contributed by atoms with Crippen molar-refractivity contribution in [1.29, 1.82) is 0 Å². The minimum atomic E-state index is -1.07. The first-order chi connectivity index (χ1) is 12.0. The van der Waals surface area contributed by atoms with E-state index >= 15 is 0 Å². The molecule has 0 aliphatic heterocycles. The van der Waals surface area contributed by atoms with E-state index in [0.717, 1.165) is 32.1 Å². The zero-order valence-electron chi connectivity index (χ0n) is 16.8. The van der Waals surface area contributed by atoms with Gasteiger partial charge in [0.1, 0.15) is 11.8 Å². The smallest absolute Gasteiger partial charge is 0.408 e. The highest BCUT2D eigenvalue weighted by Gasteiger charge is 2.34. The number of rotatable bonds is 9. The van der Waals surface area contributed by atoms with Gasteiger partial charge in [0, 0.05) is 6.54 Å². The van der Waals surface area contributed by atoms with Crippen LogP contribution in [-0.4, -0.2) is 58.1 Å². The molecule has 1 aliphatic carbocycles. The number of carbonyl (C=O) groups is 2. The summed E-state index contributed by atoms with van der Waals surface area (Å²) in [5, 5.41) is 22.9. The number of hydrogen-bond donors (Lipinski definition) is 3. The lowest BCUT2D eigenvalue weighted by atomic mass is 9.96. The van der Waals surface area contributed by atoms with Crippen LogP contribution in [0.1, 0.15) is 66.7 Å². The van der Waals surface area contributed by atoms with Crippen LogP contribution in [0.3, 0.4) is 0 Å². The molecule has 3 atom stereocenters. The van der Waals surface area contributed by atoms with Crippen molar-refractivity contribution in [2.75, 3.05) is 13.1 Å². The van der Waals surface area contributed by atoms with E-state index in [1.165, 1.54) is 0 Å². The predicted molar refractivity (Wildman–Crippen MR) is 99.8 cm³/mol. The maximum absolute atomic E-state index is 12.2. The Morgan fingerprint density at radius 2 is 1.85 bits per heavy atom. The molecule has 0 bridgehead atoms. The van der Waals surface area contributed by atoms with Gasteiger partial charge in [-0.15, -0.1) is 0 Å². The zero-order valence-corrected chi connectivity index (χ0v) is 16.8. The molecule has 1 saturated carbocycles. The summed E-state index contributed by atoms with van der Waals surface area (Å²) >= 11 is 0. The van der Waals surface area contributed by atoms with Gasteiger partial charge in [-0.05, 0) is 45.4 Å². The number of nitrogens with one attached hydrogen (secondary N) is 1. The van der Waals surface area contributed by atoms with Crippen molar-refractivity contribution in [2.45, 2.75) is 84.6 Å². The molecule has 152 valence electrons. The van der Waals surface area contributed by atoms with Crippen molar-refractivity contribution in [1.82, 2.24) is 10.2 Å². The molecular weight excluding hydrogens is 336 g/mol. The van der Waals surface area contributed by atoms with E-state index in [2.05, 4.69) is 5.32 Å². The molecule has 2 unspecified atom stereocenters. The summed E-state index contributed by atoms with van der Waals surface area (Å²) in [6.07, 6.45) is 3.46. The maximum atomic E-state index is 12.2. The van der Waals surface area contributed by atoms with Gasteiger partial charge in [0.2, 0.25) is 0 Å². The van der Waals surface area contributed by atoms with Gasteiger partial charge >= 0.3 is 12.1 Å². The van der Waals surface area contributed by atoms with Crippen molar-refractivity contribution in [3.05, 3.63) is 0 Å². The van der Waals surface area contributed by atoms with Crippen LogP contribution in [0.15, 0.2) is 0 Å². The molecule has 3 N–H and O–H groups in total. The molecule has 1 fully saturated rings. The van der Waals surface area contributed by atoms with E-state index < -0.39 is 29.9 Å². The number of carbonyl (C=O) groups excluding carboxylic acids is 1. The monoisotopic (exact) mass is 372 g/mol. The molecule has 0 saturated heterocycles. The Balaban J connectivity index is 2.88. The summed E-state index contributed by atoms with van der Waals surface area (Å²) in [4.78, 5) is 25.1. The quantitative estimate of drug-likeness (QED) is 0.538. The highest BCUT2D eigenvalue weighted by Crippen LogP contribution is 2.27. The Labute approximate surface area is 157 Å². The van der Waals surface area contributed by atoms with Crippen LogP contribution in [0.2, 0.25) is 0 Å². The highest BCUT2D eigenvalue weighted by molar-refractivity contribution is 5.69. The minimum Gasteiger partial charge on any atom is -0.480 e. The van der Waals surface area contributed by atoms with Crippen LogP contribution in [0.5, 0.6) is 0 Å². The van der Waals surface area contributed by atoms with Crippen molar-refractivity contribution in [2.24, 2.45) is 11.8 Å². The number of carboxylic acid groups (broad SMARTS) is 1. The molecule has 26 heavy (non-hydrogen) atoms. The van der Waals surface area contributed by atoms with Gasteiger partial charge in [0.05, 0.1) is 12.6 Å². The SMILES string of the molecule is CCC(C)[C@H](NC(=O)OC(C)(C)C)C(O)N(CC(=O)O)CC1CCCC1. The van der Waals surface area contributed by atoms with Gasteiger partial charge in [0.15, 0.2) is 0 Å². The first-order valence-corrected chi connectivity index (χ1v) is 9.67. The molecule has 1 rings (SSSR count). The third kappa shape index (κ3) is 7.91. The third-order valence-electron chi connectivity index (χ3n) is 4.94. The number of nitrogens with zero attached hydrogens (tertiary/aromatic N) is 1. The van der Waals surface area contributed by atoms with Crippen molar-refractivity contribution in [3.8, 4) is 0 Å². The van der Waals surface area contributed by atoms with Crippen LogP contribution in [-0.2, 0) is 9.53 Å². The van der Waals surface area contributed by atoms with Crippen molar-refractivity contribution in [3.63, 3.8) is 0 Å². The van der Waals surface area contributed by atoms with E-state index in [4.69, 9.17) is 4.74 Å². The van der Waals surface area contributed by atoms with Crippen LogP contribution in [0, 0.1) is 11.8 Å². The van der Waals surface area contributed by atoms with E-state index in [9.17, 15) is 19.8 Å². The lowest BCUT2D eigenvalue weighted by Gasteiger charge is -2.37. The maximum Gasteiger partial charge on any atom is 0.408 e. The van der Waals surface area contributed by atoms with Crippen LogP contribution < -0.4 is 5.32 Å². The average Bonchev–Trinajstić information content (AvgIpc) is 3.01. The Hall–Kier alpha value is -1.34. The fourth-order valence-corrected chi connectivity index (χ4v) is 3.40. The number of alkyl carbamates (subject to hydrolysis) is 1. The topological polar surface area (TPSA) is 99.1 Å². The van der Waals surface area contributed by atoms with Crippen LogP contribution in [0.25, 0.3) is 0 Å². The largest absolute Gasteiger partial charge is 0.480 e. The van der Waals surface area contributed by atoms with Gasteiger partial charge in [0.25, 0.3) is 0 Å². The molecule has 0 radical (unpaired) electrons. The van der Waals surface area contributed by atoms with Gasteiger partial charge in [-0.3, -0.25) is 9.69 Å². The van der Waals surface area contributed by atoms with Crippen LogP contribution in [0.4, 0.5) is 4.79 Å². The number of hydrogen-bond acceptors (Lipinski definition) is 5. The summed E-state index contributed by atoms with van der Waals surface area (Å²) in [6.45, 7) is 9.50. The number of aliphatic carboxylic acids is 1. The Morgan fingerprint density at radius 1 is 1.27 bits per heavy atom. The standard InChI is InChI=1S/C19H36N2O5/c1-6-13(2)16(20-18(25)26-19(3,4)5)17(24)21(12-15(22)23)11-14-9-7-8-10-14/h13-14,16-17,24H,6-12H2,1-5H3,(H,20,25)(H,22,23)/t13?,16-,17?/m0/s1. The lowest BCUT2D eigenvalue weighted by Crippen LogP contribution is -2.57. The number of carboxylic acids is 1. The number of aliphatic hydroxyl groups is 1. The minimum absolute atomic E-state index is 0.0302. The molecule has 7 nitrogen and oxygen atoms in total. The molecular formula is C19H36N2O5. The first-order valence-electron chi connectivity index (χ1n) is 9.67. The number of aliphatic hydroxyl groups excluding tert-OH is 1. The fraction of sp³-hybridized carbons (Fsp3) is 0.895. The molecule has 0 spiro atoms. The summed E-state index contributed by atoms with van der Waals surface area (Å²) in [6, 6.07) is -0.601. The van der Waals surface area contributed by atoms with Gasteiger partial charge in [-0.2, -0.15) is 0 Å². The van der Waals surface area contributed by atoms with E-state index in [-0.39, 0.29) is 12.5 Å². The Morgan fingerprint density at radius 3 is 2.31 bits per heavy atom. The predicted octanol–water partition coefficient (Wildman–Crippen LogP) is 2.82. The third-order valence-corrected chi connectivity index (χ3v) is 4.94. The highest BCUT2D eigenvalue weighted by atomic mass is 16.6. The normalized spacial score (nSPS) is 19.2. The number of ether oxygens (including phenoxy) is 1. The second-order valence-corrected chi connectivity index (χ2v) is 8.44. The van der Waals surface area contributed by atoms with E-state index in [1.807, 2.05) is 13.8 Å². The van der Waals surface area contributed by atoms with Crippen LogP contribution >= 0.6 is 0 Å². The second-order valence-electron chi connectivity index (χ2n) is 8.44. The van der Waals surface area contributed by atoms with E-state index in [1.54, 1.807) is 25.7 Å². The second kappa shape index (κ2) is 10.1. The molecule has 0 aromatic carbocycles. The molecule has 0 aromatic heterocycles. The van der Waals surface area contributed by atoms with E-state index in [0.29, 0.717) is 12.5 Å². The lowest BCUT2D eigenvalue weighted by molar-refractivity contribution is -0.143. The van der Waals surface area contributed by atoms with Gasteiger partial charge in [-0.25, -0.2) is 4.79 Å². The molecule has 1 aliphatic rings. The Bertz CT molecular complexity index is 457. The fourth-order valence-electron chi connectivity index (χ4n) is 3.40. The number of amides is 1. The van der Waals surface area contributed by atoms with Gasteiger partial charge < -0.3 is 20.3 Å². The molecule has 0 heterocycles. The summed E-state index contributed by atoms with van der Waals surface area (Å²) in [5.74, 6) is -0.622. The van der Waals surface area contributed by atoms with Crippen molar-refractivity contribution < 1.29 is 24.5 Å². The average molecular weight is 373 g/mol. The first kappa shape index (κ1) is 22.7. The zero-order chi connectivity index (χ0) is 19.9. The van der Waals surface area contributed by atoms with Gasteiger partial charge in [-0.1, -0.05) is 33.1 Å². The summed E-state index contributed by atoms with van der Waals surface area (Å²) < 4.78 is 5.31. The Kier molecular flexibility index (Phi) is 8.83. The van der Waals surface area contributed by atoms with Crippen molar-refractivity contribution >= 4 is 12.1 Å². The molecule has 7 heteroatoms.